The fourth-order valence-electron chi connectivity index (χ4n) is 1.36. The molecule has 0 saturated carbocycles. The molecule has 104 valence electrons. The van der Waals surface area contributed by atoms with Crippen LogP contribution in [0.3, 0.4) is 0 Å². The van der Waals surface area contributed by atoms with Crippen LogP contribution in [0.5, 0.6) is 0 Å². The molecule has 0 aromatic carbocycles. The van der Waals surface area contributed by atoms with Crippen molar-refractivity contribution in [3.63, 3.8) is 0 Å². The second-order valence-corrected chi connectivity index (χ2v) is 5.49. The van der Waals surface area contributed by atoms with Crippen LogP contribution in [-0.4, -0.2) is 24.4 Å². The van der Waals surface area contributed by atoms with Gasteiger partial charge in [-0.3, -0.25) is 9.59 Å². The van der Waals surface area contributed by atoms with Crippen LogP contribution in [-0.2, 0) is 9.53 Å². The Hall–Kier alpha value is -2.19. The van der Waals surface area contributed by atoms with Crippen molar-refractivity contribution < 1.29 is 19.1 Å². The maximum atomic E-state index is 11.6. The largest absolute Gasteiger partial charge is 0.451 e. The molecule has 0 unspecified atom stereocenters. The lowest BCUT2D eigenvalue weighted by molar-refractivity contribution is -0.119. The summed E-state index contributed by atoms with van der Waals surface area (Å²) in [5, 5.41) is 6.19. The third-order valence-corrected chi connectivity index (χ3v) is 3.92. The van der Waals surface area contributed by atoms with Crippen molar-refractivity contribution in [2.24, 2.45) is 5.73 Å². The second-order valence-electron chi connectivity index (χ2n) is 3.63. The zero-order valence-electron chi connectivity index (χ0n) is 10.1. The molecule has 2 aromatic rings. The number of amides is 2. The smallest absolute Gasteiger partial charge is 0.348 e. The van der Waals surface area contributed by atoms with Crippen molar-refractivity contribution in [2.75, 3.05) is 11.9 Å². The van der Waals surface area contributed by atoms with E-state index < -0.39 is 24.4 Å². The highest BCUT2D eigenvalue weighted by atomic mass is 32.1. The minimum absolute atomic E-state index is 0.230. The van der Waals surface area contributed by atoms with E-state index in [4.69, 9.17) is 10.5 Å². The second kappa shape index (κ2) is 6.31. The lowest BCUT2D eigenvalue weighted by atomic mass is 10.3. The van der Waals surface area contributed by atoms with E-state index in [1.807, 2.05) is 0 Å². The third-order valence-electron chi connectivity index (χ3n) is 2.24. The van der Waals surface area contributed by atoms with Crippen LogP contribution in [0.25, 0.3) is 0 Å². The molecule has 6 nitrogen and oxygen atoms in total. The first kappa shape index (κ1) is 14.2. The van der Waals surface area contributed by atoms with E-state index in [2.05, 4.69) is 5.32 Å². The van der Waals surface area contributed by atoms with Gasteiger partial charge in [-0.05, 0) is 22.9 Å². The average molecular weight is 310 g/mol. The maximum Gasteiger partial charge on any atom is 0.348 e. The van der Waals surface area contributed by atoms with Gasteiger partial charge in [0.25, 0.3) is 11.8 Å². The first-order valence-corrected chi connectivity index (χ1v) is 7.21. The zero-order chi connectivity index (χ0) is 14.5. The normalized spacial score (nSPS) is 10.0. The van der Waals surface area contributed by atoms with Crippen LogP contribution in [0.15, 0.2) is 29.0 Å². The lowest BCUT2D eigenvalue weighted by Crippen LogP contribution is -2.22. The lowest BCUT2D eigenvalue weighted by Gasteiger charge is -2.05. The number of esters is 1. The summed E-state index contributed by atoms with van der Waals surface area (Å²) < 4.78 is 4.85. The van der Waals surface area contributed by atoms with Gasteiger partial charge in [-0.15, -0.1) is 22.7 Å². The Morgan fingerprint density at radius 2 is 2.00 bits per heavy atom. The monoisotopic (exact) mass is 310 g/mol. The van der Waals surface area contributed by atoms with Crippen LogP contribution in [0.1, 0.15) is 20.0 Å². The molecule has 20 heavy (non-hydrogen) atoms. The summed E-state index contributed by atoms with van der Waals surface area (Å²) in [6, 6.07) is 4.84. The van der Waals surface area contributed by atoms with Gasteiger partial charge in [0.2, 0.25) is 0 Å². The Labute approximate surface area is 122 Å². The van der Waals surface area contributed by atoms with Crippen LogP contribution in [0.4, 0.5) is 5.00 Å². The standard InChI is InChI=1S/C12H10N2O4S2/c13-10(16)7-3-5-20-11(7)14-9(15)6-18-12(17)8-2-1-4-19-8/h1-5H,6H2,(H2,13,16)(H,14,15). The number of nitrogens with one attached hydrogen (secondary N) is 1. The van der Waals surface area contributed by atoms with E-state index in [9.17, 15) is 14.4 Å². The molecule has 0 aliphatic rings. The molecule has 0 atom stereocenters. The van der Waals surface area contributed by atoms with Crippen molar-refractivity contribution >= 4 is 45.5 Å². The molecule has 8 heteroatoms. The molecule has 3 N–H and O–H groups in total. The van der Waals surface area contributed by atoms with Gasteiger partial charge in [-0.2, -0.15) is 0 Å². The van der Waals surface area contributed by atoms with E-state index in [0.29, 0.717) is 9.88 Å². The summed E-state index contributed by atoms with van der Waals surface area (Å²) in [6.07, 6.45) is 0. The van der Waals surface area contributed by atoms with Gasteiger partial charge in [0, 0.05) is 0 Å². The van der Waals surface area contributed by atoms with E-state index in [1.165, 1.54) is 28.7 Å². The number of thiophene rings is 2. The van der Waals surface area contributed by atoms with Gasteiger partial charge in [-0.25, -0.2) is 4.79 Å². The molecule has 2 heterocycles. The minimum atomic E-state index is -0.628. The van der Waals surface area contributed by atoms with E-state index in [0.717, 1.165) is 0 Å². The van der Waals surface area contributed by atoms with Crippen LogP contribution in [0, 0.1) is 0 Å². The number of rotatable bonds is 5. The molecule has 0 spiro atoms. The predicted octanol–water partition coefficient (Wildman–Crippen LogP) is 1.70. The molecular weight excluding hydrogens is 300 g/mol. The highest BCUT2D eigenvalue weighted by Gasteiger charge is 2.14. The van der Waals surface area contributed by atoms with Crippen molar-refractivity contribution in [1.29, 1.82) is 0 Å². The highest BCUT2D eigenvalue weighted by Crippen LogP contribution is 2.22. The molecule has 2 rings (SSSR count). The van der Waals surface area contributed by atoms with Crippen LogP contribution >= 0.6 is 22.7 Å². The molecule has 0 fully saturated rings. The van der Waals surface area contributed by atoms with Gasteiger partial charge in [0.15, 0.2) is 6.61 Å². The Morgan fingerprint density at radius 3 is 2.65 bits per heavy atom. The predicted molar refractivity (Wildman–Crippen MR) is 76.1 cm³/mol. The Kier molecular flexibility index (Phi) is 4.49. The van der Waals surface area contributed by atoms with Crippen molar-refractivity contribution in [2.45, 2.75) is 0 Å². The Balaban J connectivity index is 1.88. The SMILES string of the molecule is NC(=O)c1ccsc1NC(=O)COC(=O)c1cccs1. The summed E-state index contributed by atoms with van der Waals surface area (Å²) in [4.78, 5) is 34.7. The topological polar surface area (TPSA) is 98.5 Å². The number of ether oxygens (including phenoxy) is 1. The number of hydrogen-bond donors (Lipinski definition) is 2. The van der Waals surface area contributed by atoms with Gasteiger partial charge in [-0.1, -0.05) is 6.07 Å². The van der Waals surface area contributed by atoms with Gasteiger partial charge in [0.1, 0.15) is 9.88 Å². The number of hydrogen-bond acceptors (Lipinski definition) is 6. The molecule has 0 aliphatic heterocycles. The molecule has 2 amide bonds. The first-order valence-electron chi connectivity index (χ1n) is 5.45. The maximum absolute atomic E-state index is 11.6. The molecule has 0 aliphatic carbocycles. The third kappa shape index (κ3) is 3.43. The summed E-state index contributed by atoms with van der Waals surface area (Å²) in [6.45, 7) is -0.424. The molecule has 0 bridgehead atoms. The molecule has 0 saturated heterocycles. The van der Waals surface area contributed by atoms with Crippen LogP contribution < -0.4 is 11.1 Å². The number of nitrogens with two attached hydrogens (primary N) is 1. The average Bonchev–Trinajstić information content (AvgIpc) is 3.06. The summed E-state index contributed by atoms with van der Waals surface area (Å²) in [5.74, 6) is -1.71. The summed E-state index contributed by atoms with van der Waals surface area (Å²) >= 11 is 2.40. The summed E-state index contributed by atoms with van der Waals surface area (Å²) in [5.41, 5.74) is 5.38. The fourth-order valence-corrected chi connectivity index (χ4v) is 2.78. The zero-order valence-corrected chi connectivity index (χ0v) is 11.8. The minimum Gasteiger partial charge on any atom is -0.451 e. The summed E-state index contributed by atoms with van der Waals surface area (Å²) in [7, 11) is 0. The molecule has 0 radical (unpaired) electrons. The quantitative estimate of drug-likeness (QED) is 0.821. The van der Waals surface area contributed by atoms with E-state index in [1.54, 1.807) is 22.9 Å². The van der Waals surface area contributed by atoms with Gasteiger partial charge in [0.05, 0.1) is 5.56 Å². The first-order chi connectivity index (χ1) is 9.58. The van der Waals surface area contributed by atoms with Crippen molar-refractivity contribution in [1.82, 2.24) is 0 Å². The Bertz CT molecular complexity index is 634. The van der Waals surface area contributed by atoms with Crippen molar-refractivity contribution in [3.05, 3.63) is 39.4 Å². The highest BCUT2D eigenvalue weighted by molar-refractivity contribution is 7.14. The Morgan fingerprint density at radius 1 is 1.20 bits per heavy atom. The number of primary amides is 1. The van der Waals surface area contributed by atoms with Gasteiger partial charge < -0.3 is 15.8 Å². The van der Waals surface area contributed by atoms with E-state index >= 15 is 0 Å². The van der Waals surface area contributed by atoms with Crippen molar-refractivity contribution in [3.8, 4) is 0 Å². The molecule has 2 aromatic heterocycles. The van der Waals surface area contributed by atoms with E-state index in [-0.39, 0.29) is 5.56 Å². The number of carbonyl (C=O) groups is 3. The van der Waals surface area contributed by atoms with Crippen LogP contribution in [0.2, 0.25) is 0 Å². The fraction of sp³-hybridized carbons (Fsp3) is 0.0833. The number of anilines is 1. The number of carbonyl (C=O) groups excluding carboxylic acids is 3. The van der Waals surface area contributed by atoms with Gasteiger partial charge >= 0.3 is 5.97 Å². The molecular formula is C12H10N2O4S2.